The summed E-state index contributed by atoms with van der Waals surface area (Å²) < 4.78 is 10.4. The molecular formula is C21H20N2O4S. The van der Waals surface area contributed by atoms with Crippen LogP contribution in [0.5, 0.6) is 5.75 Å². The largest absolute Gasteiger partial charge is 0.486 e. The number of methoxy groups -OCH3 is 1. The Labute approximate surface area is 167 Å². The first-order valence-electron chi connectivity index (χ1n) is 8.64. The molecule has 1 amide bonds. The minimum Gasteiger partial charge on any atom is -0.486 e. The summed E-state index contributed by atoms with van der Waals surface area (Å²) in [5, 5.41) is 5.42. The highest BCUT2D eigenvalue weighted by molar-refractivity contribution is 7.09. The van der Waals surface area contributed by atoms with Gasteiger partial charge in [0, 0.05) is 11.1 Å². The van der Waals surface area contributed by atoms with Gasteiger partial charge in [0.05, 0.1) is 24.8 Å². The Morgan fingerprint density at radius 3 is 2.68 bits per heavy atom. The van der Waals surface area contributed by atoms with E-state index in [1.54, 1.807) is 24.3 Å². The Morgan fingerprint density at radius 2 is 1.93 bits per heavy atom. The number of aryl methyl sites for hydroxylation is 1. The number of thiazole rings is 1. The van der Waals surface area contributed by atoms with E-state index in [1.165, 1.54) is 24.0 Å². The average molecular weight is 396 g/mol. The first-order valence-corrected chi connectivity index (χ1v) is 9.52. The van der Waals surface area contributed by atoms with Crippen LogP contribution in [-0.4, -0.2) is 24.0 Å². The van der Waals surface area contributed by atoms with Crippen LogP contribution in [-0.2, 0) is 22.6 Å². The number of anilines is 1. The summed E-state index contributed by atoms with van der Waals surface area (Å²) >= 11 is 1.45. The van der Waals surface area contributed by atoms with Gasteiger partial charge in [-0.1, -0.05) is 23.8 Å². The van der Waals surface area contributed by atoms with Crippen LogP contribution in [0.3, 0.4) is 0 Å². The highest BCUT2D eigenvalue weighted by Gasteiger charge is 2.11. The first kappa shape index (κ1) is 19.6. The predicted octanol–water partition coefficient (Wildman–Crippen LogP) is 4.00. The number of nitrogens with zero attached hydrogens (tertiary/aromatic N) is 1. The summed E-state index contributed by atoms with van der Waals surface area (Å²) in [7, 11) is 1.32. The first-order chi connectivity index (χ1) is 13.5. The van der Waals surface area contributed by atoms with Crippen molar-refractivity contribution in [3.8, 4) is 5.75 Å². The third kappa shape index (κ3) is 5.40. The highest BCUT2D eigenvalue weighted by Crippen LogP contribution is 2.17. The number of hydrogen-bond donors (Lipinski definition) is 1. The van der Waals surface area contributed by atoms with Crippen molar-refractivity contribution in [2.24, 2.45) is 0 Å². The lowest BCUT2D eigenvalue weighted by Crippen LogP contribution is -2.15. The standard InChI is InChI=1S/C21H20N2O4S/c1-14-6-8-18(9-7-14)27-12-20-23-17(13-28-20)11-19(24)22-16-5-3-4-15(10-16)21(25)26-2/h3-10,13H,11-12H2,1-2H3,(H,22,24). The quantitative estimate of drug-likeness (QED) is 0.611. The van der Waals surface area contributed by atoms with Gasteiger partial charge >= 0.3 is 5.97 Å². The molecule has 0 bridgehead atoms. The number of ether oxygens (including phenoxy) is 2. The van der Waals surface area contributed by atoms with Crippen LogP contribution in [0.2, 0.25) is 0 Å². The zero-order valence-electron chi connectivity index (χ0n) is 15.6. The summed E-state index contributed by atoms with van der Waals surface area (Å²) in [6.07, 6.45) is 0.142. The molecule has 6 nitrogen and oxygen atoms in total. The Morgan fingerprint density at radius 1 is 1.14 bits per heavy atom. The van der Waals surface area contributed by atoms with Gasteiger partial charge in [-0.05, 0) is 37.3 Å². The van der Waals surface area contributed by atoms with Crippen molar-refractivity contribution in [1.82, 2.24) is 4.98 Å². The van der Waals surface area contributed by atoms with Gasteiger partial charge in [0.1, 0.15) is 17.4 Å². The number of nitrogens with one attached hydrogen (secondary N) is 1. The molecular weight excluding hydrogens is 376 g/mol. The number of hydrogen-bond acceptors (Lipinski definition) is 6. The molecule has 0 unspecified atom stereocenters. The molecule has 3 aromatic rings. The molecule has 1 N–H and O–H groups in total. The second-order valence-corrected chi connectivity index (χ2v) is 7.07. The zero-order chi connectivity index (χ0) is 19.9. The van der Waals surface area contributed by atoms with E-state index in [1.807, 2.05) is 36.6 Å². The van der Waals surface area contributed by atoms with E-state index in [0.717, 1.165) is 10.8 Å². The maximum absolute atomic E-state index is 12.3. The van der Waals surface area contributed by atoms with Gasteiger partial charge in [-0.25, -0.2) is 9.78 Å². The average Bonchev–Trinajstić information content (AvgIpc) is 3.14. The molecule has 7 heteroatoms. The molecule has 0 saturated carbocycles. The van der Waals surface area contributed by atoms with E-state index in [4.69, 9.17) is 4.74 Å². The molecule has 28 heavy (non-hydrogen) atoms. The number of carbonyl (C=O) groups excluding carboxylic acids is 2. The van der Waals surface area contributed by atoms with Crippen LogP contribution in [0.1, 0.15) is 26.6 Å². The van der Waals surface area contributed by atoms with E-state index in [9.17, 15) is 9.59 Å². The van der Waals surface area contributed by atoms with Crippen LogP contribution >= 0.6 is 11.3 Å². The normalized spacial score (nSPS) is 10.4. The number of esters is 1. The summed E-state index contributed by atoms with van der Waals surface area (Å²) in [6.45, 7) is 2.38. The maximum atomic E-state index is 12.3. The smallest absolute Gasteiger partial charge is 0.337 e. The van der Waals surface area contributed by atoms with E-state index in [-0.39, 0.29) is 12.3 Å². The van der Waals surface area contributed by atoms with Crippen molar-refractivity contribution in [1.29, 1.82) is 0 Å². The van der Waals surface area contributed by atoms with Crippen molar-refractivity contribution < 1.29 is 19.1 Å². The SMILES string of the molecule is COC(=O)c1cccc(NC(=O)Cc2csc(COc3ccc(C)cc3)n2)c1. The minimum atomic E-state index is -0.450. The topological polar surface area (TPSA) is 77.5 Å². The fraction of sp³-hybridized carbons (Fsp3) is 0.190. The van der Waals surface area contributed by atoms with Gasteiger partial charge in [0.15, 0.2) is 0 Å². The number of carbonyl (C=O) groups is 2. The number of amides is 1. The van der Waals surface area contributed by atoms with Crippen LogP contribution < -0.4 is 10.1 Å². The van der Waals surface area contributed by atoms with Crippen LogP contribution in [0.25, 0.3) is 0 Å². The third-order valence-corrected chi connectivity index (χ3v) is 4.76. The summed E-state index contributed by atoms with van der Waals surface area (Å²) in [4.78, 5) is 28.3. The Kier molecular flexibility index (Phi) is 6.39. The summed E-state index contributed by atoms with van der Waals surface area (Å²) in [5.41, 5.74) is 2.76. The molecule has 2 aromatic carbocycles. The fourth-order valence-corrected chi connectivity index (χ4v) is 3.19. The maximum Gasteiger partial charge on any atom is 0.337 e. The predicted molar refractivity (Wildman–Crippen MR) is 108 cm³/mol. The molecule has 0 atom stereocenters. The number of rotatable bonds is 7. The number of aromatic nitrogens is 1. The van der Waals surface area contributed by atoms with Gasteiger partial charge in [0.2, 0.25) is 5.91 Å². The van der Waals surface area contributed by atoms with E-state index >= 15 is 0 Å². The lowest BCUT2D eigenvalue weighted by molar-refractivity contribution is -0.115. The Hall–Kier alpha value is -3.19. The number of benzene rings is 2. The lowest BCUT2D eigenvalue weighted by Gasteiger charge is -2.06. The van der Waals surface area contributed by atoms with Crippen LogP contribution in [0.4, 0.5) is 5.69 Å². The van der Waals surface area contributed by atoms with Crippen molar-refractivity contribution in [2.45, 2.75) is 20.0 Å². The molecule has 0 aliphatic heterocycles. The summed E-state index contributed by atoms with van der Waals surface area (Å²) in [6, 6.07) is 14.4. The molecule has 0 fully saturated rings. The van der Waals surface area contributed by atoms with Crippen LogP contribution in [0, 0.1) is 6.92 Å². The molecule has 0 aliphatic rings. The zero-order valence-corrected chi connectivity index (χ0v) is 16.4. The fourth-order valence-electron chi connectivity index (χ4n) is 2.49. The van der Waals surface area contributed by atoms with E-state index in [2.05, 4.69) is 15.0 Å². The molecule has 0 radical (unpaired) electrons. The molecule has 0 aliphatic carbocycles. The highest BCUT2D eigenvalue weighted by atomic mass is 32.1. The van der Waals surface area contributed by atoms with Gasteiger partial charge < -0.3 is 14.8 Å². The van der Waals surface area contributed by atoms with Gasteiger partial charge in [-0.15, -0.1) is 11.3 Å². The van der Waals surface area contributed by atoms with Crippen molar-refractivity contribution in [2.75, 3.05) is 12.4 Å². The Balaban J connectivity index is 1.53. The van der Waals surface area contributed by atoms with Crippen molar-refractivity contribution in [3.63, 3.8) is 0 Å². The van der Waals surface area contributed by atoms with Gasteiger partial charge in [0.25, 0.3) is 0 Å². The van der Waals surface area contributed by atoms with E-state index < -0.39 is 5.97 Å². The molecule has 0 spiro atoms. The van der Waals surface area contributed by atoms with Crippen molar-refractivity contribution in [3.05, 3.63) is 75.7 Å². The van der Waals surface area contributed by atoms with Crippen LogP contribution in [0.15, 0.2) is 53.9 Å². The third-order valence-electron chi connectivity index (χ3n) is 3.89. The molecule has 0 saturated heterocycles. The lowest BCUT2D eigenvalue weighted by atomic mass is 10.2. The second kappa shape index (κ2) is 9.14. The Bertz CT molecular complexity index is 967. The van der Waals surface area contributed by atoms with E-state index in [0.29, 0.717) is 23.6 Å². The van der Waals surface area contributed by atoms with Gasteiger partial charge in [-0.3, -0.25) is 4.79 Å². The molecule has 1 heterocycles. The van der Waals surface area contributed by atoms with Crippen molar-refractivity contribution >= 4 is 28.9 Å². The molecule has 3 rings (SSSR count). The van der Waals surface area contributed by atoms with Gasteiger partial charge in [-0.2, -0.15) is 0 Å². The molecule has 1 aromatic heterocycles. The monoisotopic (exact) mass is 396 g/mol. The summed E-state index contributed by atoms with van der Waals surface area (Å²) in [5.74, 6) is 0.123. The second-order valence-electron chi connectivity index (χ2n) is 6.13. The minimum absolute atomic E-state index is 0.142. The molecule has 144 valence electrons.